The van der Waals surface area contributed by atoms with E-state index in [1.807, 2.05) is 18.2 Å². The molecule has 1 fully saturated rings. The number of hydrogen-bond acceptors (Lipinski definition) is 3. The van der Waals surface area contributed by atoms with Crippen molar-refractivity contribution in [2.75, 3.05) is 26.2 Å². The molecule has 4 rings (SSSR count). The molecule has 0 N–H and O–H groups in total. The van der Waals surface area contributed by atoms with Crippen LogP contribution in [0.1, 0.15) is 21.6 Å². The third-order valence-corrected chi connectivity index (χ3v) is 6.11. The van der Waals surface area contributed by atoms with Crippen molar-refractivity contribution in [2.24, 2.45) is 5.92 Å². The molecule has 1 saturated heterocycles. The van der Waals surface area contributed by atoms with E-state index in [1.54, 1.807) is 34.2 Å². The topological polar surface area (TPSA) is 53.5 Å². The molecule has 1 aromatic heterocycles. The number of aromatic nitrogens is 1. The Morgan fingerprint density at radius 3 is 2.55 bits per heavy atom. The van der Waals surface area contributed by atoms with Crippen molar-refractivity contribution in [3.05, 3.63) is 102 Å². The van der Waals surface area contributed by atoms with Gasteiger partial charge in [0.1, 0.15) is 5.69 Å². The normalized spacial score (nSPS) is 16.4. The van der Waals surface area contributed by atoms with Crippen LogP contribution in [-0.4, -0.2) is 52.8 Å². The highest BCUT2D eigenvalue weighted by atomic mass is 16.2. The Morgan fingerprint density at radius 1 is 1.06 bits per heavy atom. The fourth-order valence-electron chi connectivity index (χ4n) is 4.35. The van der Waals surface area contributed by atoms with Gasteiger partial charge in [0.2, 0.25) is 5.91 Å². The van der Waals surface area contributed by atoms with Crippen LogP contribution in [0.5, 0.6) is 0 Å². The number of hydrogen-bond donors (Lipinski definition) is 0. The molecule has 1 atom stereocenters. The fraction of sp³-hybridized carbons (Fsp3) is 0.250. The van der Waals surface area contributed by atoms with Gasteiger partial charge in [-0.3, -0.25) is 14.6 Å². The van der Waals surface area contributed by atoms with Gasteiger partial charge in [-0.15, -0.1) is 6.58 Å². The van der Waals surface area contributed by atoms with Crippen LogP contribution in [0.15, 0.2) is 85.6 Å². The summed E-state index contributed by atoms with van der Waals surface area (Å²) in [6, 6.07) is 22.0. The van der Waals surface area contributed by atoms with Crippen molar-refractivity contribution in [3.8, 4) is 11.1 Å². The molecular weight excluding hydrogens is 410 g/mol. The molecule has 2 aromatic carbocycles. The lowest BCUT2D eigenvalue weighted by atomic mass is 9.91. The average Bonchev–Trinajstić information content (AvgIpc) is 3.00. The SMILES string of the molecule is C=CCN1CCN(C(=O)c2ccccn2)CC(Cc2ccccc2-c2ccc(C)cc2)C1=O. The van der Waals surface area contributed by atoms with Gasteiger partial charge in [0.05, 0.1) is 5.92 Å². The predicted molar refractivity (Wildman–Crippen MR) is 131 cm³/mol. The van der Waals surface area contributed by atoms with Crippen molar-refractivity contribution < 1.29 is 9.59 Å². The van der Waals surface area contributed by atoms with E-state index in [-0.39, 0.29) is 17.7 Å². The summed E-state index contributed by atoms with van der Waals surface area (Å²) in [4.78, 5) is 34.4. The van der Waals surface area contributed by atoms with Gasteiger partial charge < -0.3 is 9.80 Å². The second kappa shape index (κ2) is 10.3. The van der Waals surface area contributed by atoms with Gasteiger partial charge in [-0.25, -0.2) is 0 Å². The monoisotopic (exact) mass is 439 g/mol. The number of aryl methyl sites for hydroxylation is 1. The Balaban J connectivity index is 1.64. The minimum atomic E-state index is -0.341. The quantitative estimate of drug-likeness (QED) is 0.536. The number of rotatable bonds is 6. The van der Waals surface area contributed by atoms with Crippen LogP contribution in [0.25, 0.3) is 11.1 Å². The number of carbonyl (C=O) groups excluding carboxylic acids is 2. The second-order valence-electron chi connectivity index (χ2n) is 8.46. The third-order valence-electron chi connectivity index (χ3n) is 6.11. The van der Waals surface area contributed by atoms with Gasteiger partial charge in [-0.05, 0) is 42.2 Å². The van der Waals surface area contributed by atoms with Gasteiger partial charge in [0, 0.05) is 32.4 Å². The van der Waals surface area contributed by atoms with Gasteiger partial charge in [-0.2, -0.15) is 0 Å². The Hall–Kier alpha value is -3.73. The summed E-state index contributed by atoms with van der Waals surface area (Å²) in [5, 5.41) is 0. The van der Waals surface area contributed by atoms with E-state index >= 15 is 0 Å². The summed E-state index contributed by atoms with van der Waals surface area (Å²) >= 11 is 0. The van der Waals surface area contributed by atoms with Crippen LogP contribution < -0.4 is 0 Å². The molecule has 0 radical (unpaired) electrons. The zero-order valence-corrected chi connectivity index (χ0v) is 19.0. The summed E-state index contributed by atoms with van der Waals surface area (Å²) in [5.41, 5.74) is 4.96. The Kier molecular flexibility index (Phi) is 6.98. The third kappa shape index (κ3) is 5.20. The number of nitrogens with zero attached hydrogens (tertiary/aromatic N) is 3. The van der Waals surface area contributed by atoms with E-state index in [0.717, 1.165) is 16.7 Å². The second-order valence-corrected chi connectivity index (χ2v) is 8.46. The van der Waals surface area contributed by atoms with Gasteiger partial charge >= 0.3 is 0 Å². The van der Waals surface area contributed by atoms with Crippen LogP contribution >= 0.6 is 0 Å². The molecule has 2 heterocycles. The lowest BCUT2D eigenvalue weighted by Crippen LogP contribution is -2.38. The highest BCUT2D eigenvalue weighted by Crippen LogP contribution is 2.28. The van der Waals surface area contributed by atoms with E-state index in [1.165, 1.54) is 5.56 Å². The lowest BCUT2D eigenvalue weighted by molar-refractivity contribution is -0.134. The van der Waals surface area contributed by atoms with Gasteiger partial charge in [0.25, 0.3) is 5.91 Å². The lowest BCUT2D eigenvalue weighted by Gasteiger charge is -2.24. The van der Waals surface area contributed by atoms with E-state index in [0.29, 0.717) is 38.3 Å². The molecule has 0 saturated carbocycles. The molecule has 5 nitrogen and oxygen atoms in total. The standard InChI is InChI=1S/C28H29N3O2/c1-3-16-30-17-18-31(28(33)26-10-6-7-15-29-26)20-24(27(30)32)19-23-8-4-5-9-25(23)22-13-11-21(2)12-14-22/h3-15,24H,1,16-20H2,2H3. The average molecular weight is 440 g/mol. The first-order valence-electron chi connectivity index (χ1n) is 11.3. The zero-order chi connectivity index (χ0) is 23.2. The van der Waals surface area contributed by atoms with Crippen molar-refractivity contribution in [1.29, 1.82) is 0 Å². The molecule has 2 amide bonds. The number of benzene rings is 2. The first-order chi connectivity index (χ1) is 16.1. The number of amides is 2. The molecule has 1 aliphatic heterocycles. The molecule has 0 spiro atoms. The maximum atomic E-state index is 13.5. The Labute approximate surface area is 195 Å². The maximum Gasteiger partial charge on any atom is 0.272 e. The highest BCUT2D eigenvalue weighted by molar-refractivity contribution is 5.93. The van der Waals surface area contributed by atoms with Crippen molar-refractivity contribution in [3.63, 3.8) is 0 Å². The van der Waals surface area contributed by atoms with Crippen LogP contribution in [0, 0.1) is 12.8 Å². The summed E-state index contributed by atoms with van der Waals surface area (Å²) in [7, 11) is 0. The summed E-state index contributed by atoms with van der Waals surface area (Å²) in [6.45, 7) is 7.68. The van der Waals surface area contributed by atoms with Gasteiger partial charge in [0.15, 0.2) is 0 Å². The Morgan fingerprint density at radius 2 is 1.82 bits per heavy atom. The summed E-state index contributed by atoms with van der Waals surface area (Å²) in [6.07, 6.45) is 3.92. The first kappa shape index (κ1) is 22.5. The highest BCUT2D eigenvalue weighted by Gasteiger charge is 2.33. The van der Waals surface area contributed by atoms with Gasteiger partial charge in [-0.1, -0.05) is 66.2 Å². The predicted octanol–water partition coefficient (Wildman–Crippen LogP) is 4.39. The van der Waals surface area contributed by atoms with Crippen molar-refractivity contribution >= 4 is 11.8 Å². The van der Waals surface area contributed by atoms with Crippen LogP contribution in [0.3, 0.4) is 0 Å². The van der Waals surface area contributed by atoms with Crippen LogP contribution in [0.4, 0.5) is 0 Å². The van der Waals surface area contributed by atoms with E-state index in [9.17, 15) is 9.59 Å². The summed E-state index contributed by atoms with van der Waals surface area (Å²) < 4.78 is 0. The molecule has 5 heteroatoms. The van der Waals surface area contributed by atoms with E-state index in [4.69, 9.17) is 0 Å². The fourth-order valence-corrected chi connectivity index (χ4v) is 4.35. The minimum Gasteiger partial charge on any atom is -0.337 e. The molecule has 0 aliphatic carbocycles. The first-order valence-corrected chi connectivity index (χ1v) is 11.3. The largest absolute Gasteiger partial charge is 0.337 e. The van der Waals surface area contributed by atoms with Crippen LogP contribution in [-0.2, 0) is 11.2 Å². The molecule has 3 aromatic rings. The minimum absolute atomic E-state index is 0.0601. The molecule has 33 heavy (non-hydrogen) atoms. The molecule has 1 aliphatic rings. The van der Waals surface area contributed by atoms with Crippen molar-refractivity contribution in [2.45, 2.75) is 13.3 Å². The van der Waals surface area contributed by atoms with Crippen LogP contribution in [0.2, 0.25) is 0 Å². The summed E-state index contributed by atoms with van der Waals surface area (Å²) in [5.74, 6) is -0.419. The van der Waals surface area contributed by atoms with E-state index < -0.39 is 0 Å². The smallest absolute Gasteiger partial charge is 0.272 e. The number of carbonyl (C=O) groups is 2. The van der Waals surface area contributed by atoms with E-state index in [2.05, 4.69) is 54.9 Å². The number of pyridine rings is 1. The Bertz CT molecular complexity index is 1130. The molecule has 0 bridgehead atoms. The zero-order valence-electron chi connectivity index (χ0n) is 19.0. The maximum absolute atomic E-state index is 13.5. The van der Waals surface area contributed by atoms with Crippen molar-refractivity contribution in [1.82, 2.24) is 14.8 Å². The molecule has 168 valence electrons. The molecular formula is C28H29N3O2. The molecule has 1 unspecified atom stereocenters.